The van der Waals surface area contributed by atoms with Crippen molar-refractivity contribution in [3.63, 3.8) is 0 Å². The second kappa shape index (κ2) is 3.86. The Kier molecular flexibility index (Phi) is 2.57. The number of nitrogens with zero attached hydrogens (tertiary/aromatic N) is 2. The van der Waals surface area contributed by atoms with Gasteiger partial charge in [-0.25, -0.2) is 4.98 Å². The van der Waals surface area contributed by atoms with Crippen LogP contribution in [0.2, 0.25) is 0 Å². The van der Waals surface area contributed by atoms with Crippen molar-refractivity contribution in [3.05, 3.63) is 18.2 Å². The van der Waals surface area contributed by atoms with Gasteiger partial charge >= 0.3 is 0 Å². The summed E-state index contributed by atoms with van der Waals surface area (Å²) >= 11 is 0. The van der Waals surface area contributed by atoms with Crippen molar-refractivity contribution in [1.29, 1.82) is 0 Å². The highest BCUT2D eigenvalue weighted by molar-refractivity contribution is 5.47. The van der Waals surface area contributed by atoms with Crippen LogP contribution in [0.5, 0.6) is 0 Å². The van der Waals surface area contributed by atoms with E-state index in [-0.39, 0.29) is 0 Å². The predicted molar refractivity (Wildman–Crippen MR) is 59.8 cm³/mol. The molecule has 2 rings (SSSR count). The Bertz CT molecular complexity index is 307. The standard InChI is InChI=1S/C11H17N3/c1-12-10-7-4-8-11(13-10)14(2)9-5-3-6-9/h4,7-9H,3,5-6H2,1-2H3,(H,12,13). The number of anilines is 2. The molecule has 0 unspecified atom stereocenters. The van der Waals surface area contributed by atoms with Gasteiger partial charge in [-0.2, -0.15) is 0 Å². The Morgan fingerprint density at radius 2 is 2.21 bits per heavy atom. The zero-order valence-corrected chi connectivity index (χ0v) is 8.83. The van der Waals surface area contributed by atoms with Crippen LogP contribution in [0, 0.1) is 0 Å². The van der Waals surface area contributed by atoms with E-state index in [0.29, 0.717) is 6.04 Å². The maximum absolute atomic E-state index is 4.51. The fourth-order valence-electron chi connectivity index (χ4n) is 1.72. The minimum Gasteiger partial charge on any atom is -0.373 e. The third-order valence-corrected chi connectivity index (χ3v) is 2.97. The molecule has 76 valence electrons. The van der Waals surface area contributed by atoms with Gasteiger partial charge in [-0.15, -0.1) is 0 Å². The van der Waals surface area contributed by atoms with Crippen LogP contribution in [-0.2, 0) is 0 Å². The number of hydrogen-bond acceptors (Lipinski definition) is 3. The van der Waals surface area contributed by atoms with Gasteiger partial charge < -0.3 is 10.2 Å². The molecule has 0 aromatic carbocycles. The van der Waals surface area contributed by atoms with Gasteiger partial charge in [0.15, 0.2) is 0 Å². The third kappa shape index (κ3) is 1.67. The van der Waals surface area contributed by atoms with Crippen molar-refractivity contribution in [1.82, 2.24) is 4.98 Å². The van der Waals surface area contributed by atoms with Crippen molar-refractivity contribution in [2.75, 3.05) is 24.3 Å². The fourth-order valence-corrected chi connectivity index (χ4v) is 1.72. The van der Waals surface area contributed by atoms with Crippen molar-refractivity contribution in [2.45, 2.75) is 25.3 Å². The second-order valence-corrected chi connectivity index (χ2v) is 3.83. The highest BCUT2D eigenvalue weighted by atomic mass is 15.2. The summed E-state index contributed by atoms with van der Waals surface area (Å²) in [6.45, 7) is 0. The summed E-state index contributed by atoms with van der Waals surface area (Å²) in [5.41, 5.74) is 0. The first-order chi connectivity index (χ1) is 6.81. The molecule has 1 fully saturated rings. The van der Waals surface area contributed by atoms with Crippen LogP contribution in [-0.4, -0.2) is 25.1 Å². The number of nitrogens with one attached hydrogen (secondary N) is 1. The number of pyridine rings is 1. The van der Waals surface area contributed by atoms with Gasteiger partial charge in [0.05, 0.1) is 0 Å². The number of hydrogen-bond donors (Lipinski definition) is 1. The largest absolute Gasteiger partial charge is 0.373 e. The molecule has 1 aromatic rings. The zero-order chi connectivity index (χ0) is 9.97. The van der Waals surface area contributed by atoms with Gasteiger partial charge in [-0.05, 0) is 31.4 Å². The van der Waals surface area contributed by atoms with Crippen LogP contribution in [0.15, 0.2) is 18.2 Å². The molecule has 1 aliphatic carbocycles. The molecule has 0 saturated heterocycles. The summed E-state index contributed by atoms with van der Waals surface area (Å²) in [5, 5.41) is 3.06. The van der Waals surface area contributed by atoms with Gasteiger partial charge in [-0.3, -0.25) is 0 Å². The van der Waals surface area contributed by atoms with Crippen LogP contribution >= 0.6 is 0 Å². The molecule has 0 amide bonds. The molecule has 1 heterocycles. The number of aromatic nitrogens is 1. The minimum absolute atomic E-state index is 0.703. The molecule has 1 aliphatic rings. The quantitative estimate of drug-likeness (QED) is 0.793. The van der Waals surface area contributed by atoms with Gasteiger partial charge in [0.2, 0.25) is 0 Å². The molecular formula is C11H17N3. The van der Waals surface area contributed by atoms with E-state index in [4.69, 9.17) is 0 Å². The molecule has 1 aromatic heterocycles. The topological polar surface area (TPSA) is 28.2 Å². The average molecular weight is 191 g/mol. The molecular weight excluding hydrogens is 174 g/mol. The maximum Gasteiger partial charge on any atom is 0.130 e. The lowest BCUT2D eigenvalue weighted by Crippen LogP contribution is -2.37. The first kappa shape index (κ1) is 9.31. The van der Waals surface area contributed by atoms with E-state index < -0.39 is 0 Å². The Morgan fingerprint density at radius 3 is 2.79 bits per heavy atom. The van der Waals surface area contributed by atoms with Crippen molar-refractivity contribution in [3.8, 4) is 0 Å². The third-order valence-electron chi connectivity index (χ3n) is 2.97. The Hall–Kier alpha value is -1.25. The molecule has 0 spiro atoms. The first-order valence-corrected chi connectivity index (χ1v) is 5.19. The average Bonchev–Trinajstić information content (AvgIpc) is 2.15. The van der Waals surface area contributed by atoms with E-state index in [1.165, 1.54) is 19.3 Å². The lowest BCUT2D eigenvalue weighted by molar-refractivity contribution is 0.399. The molecule has 0 aliphatic heterocycles. The molecule has 0 atom stereocenters. The summed E-state index contributed by atoms with van der Waals surface area (Å²) in [7, 11) is 4.03. The Balaban J connectivity index is 2.13. The van der Waals surface area contributed by atoms with E-state index >= 15 is 0 Å². The van der Waals surface area contributed by atoms with E-state index in [1.54, 1.807) is 0 Å². The van der Waals surface area contributed by atoms with Crippen LogP contribution in [0.4, 0.5) is 11.6 Å². The van der Waals surface area contributed by atoms with Crippen LogP contribution in [0.1, 0.15) is 19.3 Å². The van der Waals surface area contributed by atoms with E-state index in [2.05, 4.69) is 28.3 Å². The van der Waals surface area contributed by atoms with Crippen LogP contribution in [0.3, 0.4) is 0 Å². The van der Waals surface area contributed by atoms with E-state index in [9.17, 15) is 0 Å². The van der Waals surface area contributed by atoms with Crippen molar-refractivity contribution < 1.29 is 0 Å². The van der Waals surface area contributed by atoms with Crippen LogP contribution in [0.25, 0.3) is 0 Å². The SMILES string of the molecule is CNc1cccc(N(C)C2CCC2)n1. The smallest absolute Gasteiger partial charge is 0.130 e. The van der Waals surface area contributed by atoms with E-state index in [0.717, 1.165) is 11.6 Å². The summed E-state index contributed by atoms with van der Waals surface area (Å²) in [6, 6.07) is 6.80. The summed E-state index contributed by atoms with van der Waals surface area (Å²) in [5.74, 6) is 2.01. The van der Waals surface area contributed by atoms with Gasteiger partial charge in [0, 0.05) is 20.1 Å². The summed E-state index contributed by atoms with van der Waals surface area (Å²) in [6.07, 6.45) is 3.98. The monoisotopic (exact) mass is 191 g/mol. The molecule has 3 nitrogen and oxygen atoms in total. The highest BCUT2D eigenvalue weighted by Gasteiger charge is 2.22. The normalized spacial score (nSPS) is 16.1. The van der Waals surface area contributed by atoms with Gasteiger partial charge in [0.1, 0.15) is 11.6 Å². The van der Waals surface area contributed by atoms with Crippen LogP contribution < -0.4 is 10.2 Å². The second-order valence-electron chi connectivity index (χ2n) is 3.83. The molecule has 3 heteroatoms. The minimum atomic E-state index is 0.703. The Morgan fingerprint density at radius 1 is 1.43 bits per heavy atom. The Labute approximate surface area is 85.1 Å². The number of rotatable bonds is 3. The summed E-state index contributed by atoms with van der Waals surface area (Å²) in [4.78, 5) is 6.79. The predicted octanol–water partition coefficient (Wildman–Crippen LogP) is 2.11. The van der Waals surface area contributed by atoms with Gasteiger partial charge in [-0.1, -0.05) is 6.07 Å². The molecule has 1 saturated carbocycles. The highest BCUT2D eigenvalue weighted by Crippen LogP contribution is 2.27. The first-order valence-electron chi connectivity index (χ1n) is 5.19. The van der Waals surface area contributed by atoms with E-state index in [1.807, 2.05) is 19.2 Å². The molecule has 14 heavy (non-hydrogen) atoms. The van der Waals surface area contributed by atoms with Gasteiger partial charge in [0.25, 0.3) is 0 Å². The van der Waals surface area contributed by atoms with Crippen molar-refractivity contribution in [2.24, 2.45) is 0 Å². The molecule has 0 bridgehead atoms. The lowest BCUT2D eigenvalue weighted by Gasteiger charge is -2.35. The maximum atomic E-state index is 4.51. The zero-order valence-electron chi connectivity index (χ0n) is 8.83. The molecule has 0 radical (unpaired) electrons. The lowest BCUT2D eigenvalue weighted by atomic mass is 9.92. The fraction of sp³-hybridized carbons (Fsp3) is 0.545. The van der Waals surface area contributed by atoms with Crippen molar-refractivity contribution >= 4 is 11.6 Å². The molecule has 1 N–H and O–H groups in total. The summed E-state index contributed by atoms with van der Waals surface area (Å²) < 4.78 is 0.